The molecule has 0 radical (unpaired) electrons. The Morgan fingerprint density at radius 3 is 2.96 bits per heavy atom. The third-order valence-electron chi connectivity index (χ3n) is 4.11. The lowest BCUT2D eigenvalue weighted by atomic mass is 9.93. The van der Waals surface area contributed by atoms with Gasteiger partial charge in [0.15, 0.2) is 0 Å². The van der Waals surface area contributed by atoms with Crippen LogP contribution in [0.4, 0.5) is 4.39 Å². The summed E-state index contributed by atoms with van der Waals surface area (Å²) in [5.41, 5.74) is -0.128. The van der Waals surface area contributed by atoms with Crippen LogP contribution in [0, 0.1) is 5.82 Å². The van der Waals surface area contributed by atoms with Crippen molar-refractivity contribution in [2.75, 3.05) is 19.7 Å². The lowest BCUT2D eigenvalue weighted by Crippen LogP contribution is -2.51. The van der Waals surface area contributed by atoms with Crippen molar-refractivity contribution in [1.82, 2.24) is 9.88 Å². The number of piperidine rings is 1. The fraction of sp³-hybridized carbons (Fsp3) is 0.389. The second-order valence-electron chi connectivity index (χ2n) is 6.25. The smallest absolute Gasteiger partial charge is 0.141 e. The third-order valence-corrected chi connectivity index (χ3v) is 4.35. The first-order valence-electron chi connectivity index (χ1n) is 7.96. The lowest BCUT2D eigenvalue weighted by Gasteiger charge is -2.38. The van der Waals surface area contributed by atoms with E-state index in [1.165, 1.54) is 12.3 Å². The largest absolute Gasteiger partial charge is 0.490 e. The summed E-state index contributed by atoms with van der Waals surface area (Å²) in [5, 5.41) is 11.4. The summed E-state index contributed by atoms with van der Waals surface area (Å²) in [5.74, 6) is 0.303. The molecule has 1 fully saturated rings. The lowest BCUT2D eigenvalue weighted by molar-refractivity contribution is -0.0623. The second-order valence-corrected chi connectivity index (χ2v) is 6.69. The number of halogens is 2. The molecule has 6 heteroatoms. The fourth-order valence-corrected chi connectivity index (χ4v) is 3.14. The molecule has 0 spiro atoms. The van der Waals surface area contributed by atoms with Crippen LogP contribution >= 0.6 is 11.6 Å². The number of ether oxygens (including phenoxy) is 1. The summed E-state index contributed by atoms with van der Waals surface area (Å²) >= 11 is 5.94. The van der Waals surface area contributed by atoms with Gasteiger partial charge in [-0.3, -0.25) is 9.88 Å². The molecule has 1 aliphatic rings. The van der Waals surface area contributed by atoms with E-state index in [0.717, 1.165) is 18.7 Å². The molecular weight excluding hydrogens is 331 g/mol. The normalized spacial score (nSPS) is 21.6. The highest BCUT2D eigenvalue weighted by Gasteiger charge is 2.34. The maximum Gasteiger partial charge on any atom is 0.141 e. The zero-order valence-corrected chi connectivity index (χ0v) is 14.0. The minimum atomic E-state index is -0.916. The predicted octanol–water partition coefficient (Wildman–Crippen LogP) is 3.28. The van der Waals surface area contributed by atoms with Gasteiger partial charge in [0.25, 0.3) is 0 Å². The van der Waals surface area contributed by atoms with E-state index in [9.17, 15) is 9.50 Å². The monoisotopic (exact) mass is 350 g/mol. The number of pyridine rings is 1. The van der Waals surface area contributed by atoms with E-state index in [0.29, 0.717) is 30.3 Å². The van der Waals surface area contributed by atoms with Crippen LogP contribution in [0.2, 0.25) is 5.02 Å². The van der Waals surface area contributed by atoms with Gasteiger partial charge in [-0.05, 0) is 49.7 Å². The minimum Gasteiger partial charge on any atom is -0.490 e. The van der Waals surface area contributed by atoms with Crippen LogP contribution < -0.4 is 4.74 Å². The highest BCUT2D eigenvalue weighted by atomic mass is 35.5. The number of likely N-dealkylation sites (tertiary alicyclic amines) is 1. The van der Waals surface area contributed by atoms with Gasteiger partial charge in [-0.25, -0.2) is 4.39 Å². The second kappa shape index (κ2) is 7.47. The van der Waals surface area contributed by atoms with Gasteiger partial charge in [-0.1, -0.05) is 17.7 Å². The van der Waals surface area contributed by atoms with E-state index in [4.69, 9.17) is 16.3 Å². The van der Waals surface area contributed by atoms with Crippen LogP contribution in [-0.2, 0) is 6.54 Å². The molecule has 1 aliphatic heterocycles. The summed E-state index contributed by atoms with van der Waals surface area (Å²) < 4.78 is 18.7. The van der Waals surface area contributed by atoms with E-state index in [1.54, 1.807) is 18.2 Å². The maximum atomic E-state index is 12.9. The molecule has 1 saturated heterocycles. The molecule has 4 nitrogen and oxygen atoms in total. The van der Waals surface area contributed by atoms with Gasteiger partial charge >= 0.3 is 0 Å². The molecule has 0 bridgehead atoms. The number of rotatable bonds is 5. The van der Waals surface area contributed by atoms with Gasteiger partial charge < -0.3 is 9.84 Å². The highest BCUT2D eigenvalue weighted by Crippen LogP contribution is 2.25. The number of β-amino-alcohol motifs (C(OH)–C–C–N with tert-alkyl or cyclic N) is 1. The van der Waals surface area contributed by atoms with Crippen molar-refractivity contribution in [3.63, 3.8) is 0 Å². The zero-order valence-electron chi connectivity index (χ0n) is 13.3. The Bertz CT molecular complexity index is 683. The Morgan fingerprint density at radius 2 is 2.21 bits per heavy atom. The number of aliphatic hydroxyl groups is 1. The summed E-state index contributed by atoms with van der Waals surface area (Å²) in [6.07, 6.45) is 2.77. The molecule has 1 unspecified atom stereocenters. The Balaban J connectivity index is 1.58. The van der Waals surface area contributed by atoms with Crippen molar-refractivity contribution in [3.05, 3.63) is 59.1 Å². The number of benzene rings is 1. The van der Waals surface area contributed by atoms with Crippen LogP contribution in [0.25, 0.3) is 0 Å². The van der Waals surface area contributed by atoms with Gasteiger partial charge in [0.1, 0.15) is 23.8 Å². The van der Waals surface area contributed by atoms with Crippen LogP contribution in [-0.4, -0.2) is 40.3 Å². The molecule has 1 atom stereocenters. The van der Waals surface area contributed by atoms with Crippen LogP contribution in [0.1, 0.15) is 18.5 Å². The molecule has 3 rings (SSSR count). The van der Waals surface area contributed by atoms with E-state index in [-0.39, 0.29) is 12.4 Å². The van der Waals surface area contributed by atoms with Gasteiger partial charge in [0.05, 0.1) is 11.9 Å². The Kier molecular flexibility index (Phi) is 5.33. The standard InChI is InChI=1S/C18H20ClFN2O2/c19-14-3-1-4-17(9-14)24-13-18(23)7-2-8-22(12-18)11-16-6-5-15(20)10-21-16/h1,3-6,9-10,23H,2,7-8,11-13H2. The van der Waals surface area contributed by atoms with Crippen molar-refractivity contribution in [1.29, 1.82) is 0 Å². The molecule has 24 heavy (non-hydrogen) atoms. The SMILES string of the molecule is OC1(COc2cccc(Cl)c2)CCCN(Cc2ccc(F)cn2)C1. The number of hydrogen-bond acceptors (Lipinski definition) is 4. The maximum absolute atomic E-state index is 12.9. The first kappa shape index (κ1) is 17.1. The molecule has 1 aromatic carbocycles. The molecule has 2 heterocycles. The van der Waals surface area contributed by atoms with Crippen LogP contribution in [0.5, 0.6) is 5.75 Å². The first-order valence-corrected chi connectivity index (χ1v) is 8.34. The summed E-state index contributed by atoms with van der Waals surface area (Å²) in [7, 11) is 0. The predicted molar refractivity (Wildman–Crippen MR) is 90.6 cm³/mol. The molecule has 1 N–H and O–H groups in total. The van der Waals surface area contributed by atoms with Crippen LogP contribution in [0.15, 0.2) is 42.6 Å². The highest BCUT2D eigenvalue weighted by molar-refractivity contribution is 6.30. The molecule has 0 amide bonds. The number of aromatic nitrogens is 1. The summed E-state index contributed by atoms with van der Waals surface area (Å²) in [6, 6.07) is 10.2. The van der Waals surface area contributed by atoms with Crippen molar-refractivity contribution < 1.29 is 14.2 Å². The van der Waals surface area contributed by atoms with E-state index in [1.807, 2.05) is 12.1 Å². The van der Waals surface area contributed by atoms with Crippen molar-refractivity contribution in [2.45, 2.75) is 25.0 Å². The molecule has 0 aliphatic carbocycles. The van der Waals surface area contributed by atoms with E-state index >= 15 is 0 Å². The average molecular weight is 351 g/mol. The minimum absolute atomic E-state index is 0.209. The quantitative estimate of drug-likeness (QED) is 0.899. The van der Waals surface area contributed by atoms with Crippen LogP contribution in [0.3, 0.4) is 0 Å². The zero-order chi connectivity index (χ0) is 17.0. The van der Waals surface area contributed by atoms with Gasteiger partial charge in [0, 0.05) is 18.1 Å². The summed E-state index contributed by atoms with van der Waals surface area (Å²) in [4.78, 5) is 6.20. The number of nitrogens with zero attached hydrogens (tertiary/aromatic N) is 2. The molecular formula is C18H20ClFN2O2. The third kappa shape index (κ3) is 4.66. The van der Waals surface area contributed by atoms with Crippen molar-refractivity contribution >= 4 is 11.6 Å². The topological polar surface area (TPSA) is 45.6 Å². The molecule has 0 saturated carbocycles. The first-order chi connectivity index (χ1) is 11.5. The van der Waals surface area contributed by atoms with Crippen molar-refractivity contribution in [2.24, 2.45) is 0 Å². The van der Waals surface area contributed by atoms with Gasteiger partial charge in [-0.15, -0.1) is 0 Å². The van der Waals surface area contributed by atoms with Crippen molar-refractivity contribution in [3.8, 4) is 5.75 Å². The van der Waals surface area contributed by atoms with Gasteiger partial charge in [0.2, 0.25) is 0 Å². The molecule has 128 valence electrons. The van der Waals surface area contributed by atoms with E-state index < -0.39 is 5.60 Å². The number of hydrogen-bond donors (Lipinski definition) is 1. The Morgan fingerprint density at radius 1 is 1.33 bits per heavy atom. The Hall–Kier alpha value is -1.69. The average Bonchev–Trinajstić information content (AvgIpc) is 2.56. The molecule has 2 aromatic rings. The summed E-state index contributed by atoms with van der Waals surface area (Å²) in [6.45, 7) is 2.16. The molecule has 1 aromatic heterocycles. The Labute approximate surface area is 145 Å². The van der Waals surface area contributed by atoms with E-state index in [2.05, 4.69) is 9.88 Å². The van der Waals surface area contributed by atoms with Gasteiger partial charge in [-0.2, -0.15) is 0 Å². The fourth-order valence-electron chi connectivity index (χ4n) is 2.96.